The van der Waals surface area contributed by atoms with Crippen LogP contribution in [0.4, 0.5) is 17.1 Å². The minimum Gasteiger partial charge on any atom is -0.310 e. The van der Waals surface area contributed by atoms with Crippen LogP contribution in [0.2, 0.25) is 0 Å². The summed E-state index contributed by atoms with van der Waals surface area (Å²) in [7, 11) is 0. The van der Waals surface area contributed by atoms with Crippen molar-refractivity contribution in [2.24, 2.45) is 0 Å². The van der Waals surface area contributed by atoms with E-state index in [4.69, 9.17) is 0 Å². The molecule has 0 aliphatic heterocycles. The molecule has 0 spiro atoms. The molecule has 0 atom stereocenters. The van der Waals surface area contributed by atoms with Crippen molar-refractivity contribution in [2.75, 3.05) is 4.90 Å². The molecule has 58 heavy (non-hydrogen) atoms. The van der Waals surface area contributed by atoms with E-state index in [0.717, 1.165) is 28.3 Å². The first-order chi connectivity index (χ1) is 28.8. The topological polar surface area (TPSA) is 8.17 Å². The Bertz CT molecular complexity index is 2870. The van der Waals surface area contributed by atoms with Crippen LogP contribution in [0.1, 0.15) is 0 Å². The number of para-hydroxylation sites is 1. The third kappa shape index (κ3) is 6.67. The Kier molecular flexibility index (Phi) is 9.27. The highest BCUT2D eigenvalue weighted by Gasteiger charge is 2.21. The molecular weight excluding hydrogens is 701 g/mol. The van der Waals surface area contributed by atoms with Crippen LogP contribution < -0.4 is 4.90 Å². The zero-order chi connectivity index (χ0) is 38.7. The van der Waals surface area contributed by atoms with Crippen molar-refractivity contribution in [3.63, 3.8) is 0 Å². The quantitative estimate of drug-likeness (QED) is 0.143. The lowest BCUT2D eigenvalue weighted by Crippen LogP contribution is -2.10. The maximum Gasteiger partial charge on any atom is 0.0619 e. The zero-order valence-electron chi connectivity index (χ0n) is 32.0. The Morgan fingerprint density at radius 1 is 0.276 bits per heavy atom. The highest BCUT2D eigenvalue weighted by atomic mass is 15.1. The molecule has 1 aromatic heterocycles. The molecule has 10 rings (SSSR count). The van der Waals surface area contributed by atoms with Gasteiger partial charge in [-0.2, -0.15) is 0 Å². The number of benzene rings is 9. The fourth-order valence-corrected chi connectivity index (χ4v) is 8.24. The van der Waals surface area contributed by atoms with Gasteiger partial charge in [-0.15, -0.1) is 0 Å². The lowest BCUT2D eigenvalue weighted by molar-refractivity contribution is 1.14. The first-order valence-electron chi connectivity index (χ1n) is 19.8. The smallest absolute Gasteiger partial charge is 0.0619 e. The molecule has 0 radical (unpaired) electrons. The average molecular weight is 741 g/mol. The molecule has 0 unspecified atom stereocenters. The van der Waals surface area contributed by atoms with Gasteiger partial charge >= 0.3 is 0 Å². The van der Waals surface area contributed by atoms with Crippen LogP contribution in [0.3, 0.4) is 0 Å². The number of hydrogen-bond acceptors (Lipinski definition) is 1. The maximum atomic E-state index is 2.42. The van der Waals surface area contributed by atoms with E-state index in [0.29, 0.717) is 0 Å². The van der Waals surface area contributed by atoms with Crippen molar-refractivity contribution in [3.8, 4) is 61.5 Å². The lowest BCUT2D eigenvalue weighted by Gasteiger charge is -2.27. The van der Waals surface area contributed by atoms with Gasteiger partial charge in [-0.25, -0.2) is 0 Å². The van der Waals surface area contributed by atoms with Gasteiger partial charge in [-0.3, -0.25) is 0 Å². The second kappa shape index (κ2) is 15.5. The Morgan fingerprint density at radius 2 is 0.690 bits per heavy atom. The normalized spacial score (nSPS) is 11.1. The van der Waals surface area contributed by atoms with Gasteiger partial charge in [0, 0.05) is 33.7 Å². The Morgan fingerprint density at radius 3 is 1.22 bits per heavy atom. The van der Waals surface area contributed by atoms with E-state index >= 15 is 0 Å². The predicted molar refractivity (Wildman–Crippen MR) is 245 cm³/mol. The molecule has 0 aliphatic carbocycles. The first kappa shape index (κ1) is 34.8. The third-order valence-corrected chi connectivity index (χ3v) is 11.0. The fourth-order valence-electron chi connectivity index (χ4n) is 8.24. The van der Waals surface area contributed by atoms with Gasteiger partial charge in [0.1, 0.15) is 0 Å². The second-order valence-electron chi connectivity index (χ2n) is 14.6. The highest BCUT2D eigenvalue weighted by molar-refractivity contribution is 6.05. The number of rotatable bonds is 9. The molecule has 0 N–H and O–H groups in total. The van der Waals surface area contributed by atoms with E-state index in [1.54, 1.807) is 0 Å². The fraction of sp³-hybridized carbons (Fsp3) is 0. The van der Waals surface area contributed by atoms with Crippen LogP contribution in [0.15, 0.2) is 243 Å². The van der Waals surface area contributed by atoms with Crippen LogP contribution >= 0.6 is 0 Å². The summed E-state index contributed by atoms with van der Waals surface area (Å²) in [6.07, 6.45) is 0. The summed E-state index contributed by atoms with van der Waals surface area (Å²) >= 11 is 0. The maximum absolute atomic E-state index is 2.42. The van der Waals surface area contributed by atoms with Crippen molar-refractivity contribution < 1.29 is 0 Å². The van der Waals surface area contributed by atoms with Crippen molar-refractivity contribution in [2.45, 2.75) is 0 Å². The average Bonchev–Trinajstić information content (AvgIpc) is 3.66. The van der Waals surface area contributed by atoms with E-state index in [-0.39, 0.29) is 0 Å². The highest BCUT2D eigenvalue weighted by Crippen LogP contribution is 2.43. The molecule has 2 heteroatoms. The van der Waals surface area contributed by atoms with Crippen molar-refractivity contribution >= 4 is 28.0 Å². The standard InChI is InChI=1S/C56H40N2/c1-5-17-41(18-6-1)47-25-15-27-51(39-47)57(52-28-16-26-48(40-52)42-19-7-2-8-20-42)49-35-31-43(32-36-49)44-33-37-50(38-34-44)58-54-30-14-13-29-53(54)55(45-21-9-3-10-22-45)56(58)46-23-11-4-12-24-46/h1-40H. The molecule has 2 nitrogen and oxygen atoms in total. The Hall–Kier alpha value is -7.68. The molecule has 0 bridgehead atoms. The van der Waals surface area contributed by atoms with Crippen molar-refractivity contribution in [1.82, 2.24) is 4.57 Å². The van der Waals surface area contributed by atoms with E-state index < -0.39 is 0 Å². The zero-order valence-corrected chi connectivity index (χ0v) is 32.0. The molecule has 9 aromatic carbocycles. The first-order valence-corrected chi connectivity index (χ1v) is 19.8. The van der Waals surface area contributed by atoms with Gasteiger partial charge in [-0.05, 0) is 99.1 Å². The van der Waals surface area contributed by atoms with Crippen molar-refractivity contribution in [1.29, 1.82) is 0 Å². The summed E-state index contributed by atoms with van der Waals surface area (Å²) in [6, 6.07) is 87.1. The summed E-state index contributed by atoms with van der Waals surface area (Å²) in [6.45, 7) is 0. The van der Waals surface area contributed by atoms with Crippen LogP contribution in [0.25, 0.3) is 72.4 Å². The Balaban J connectivity index is 1.04. The van der Waals surface area contributed by atoms with Crippen molar-refractivity contribution in [3.05, 3.63) is 243 Å². The summed E-state index contributed by atoms with van der Waals surface area (Å²) in [5, 5.41) is 1.24. The molecule has 1 heterocycles. The number of hydrogen-bond donors (Lipinski definition) is 0. The molecule has 274 valence electrons. The molecule has 0 amide bonds. The Labute approximate surface area is 340 Å². The monoisotopic (exact) mass is 740 g/mol. The minimum atomic E-state index is 1.09. The molecule has 0 fully saturated rings. The summed E-state index contributed by atoms with van der Waals surface area (Å²) in [4.78, 5) is 2.36. The van der Waals surface area contributed by atoms with Crippen LogP contribution in [-0.4, -0.2) is 4.57 Å². The second-order valence-corrected chi connectivity index (χ2v) is 14.6. The molecule has 0 aliphatic rings. The summed E-state index contributed by atoms with van der Waals surface area (Å²) in [5.41, 5.74) is 17.5. The number of nitrogens with zero attached hydrogens (tertiary/aromatic N) is 2. The molecule has 0 saturated heterocycles. The van der Waals surface area contributed by atoms with Gasteiger partial charge in [0.15, 0.2) is 0 Å². The molecule has 0 saturated carbocycles. The van der Waals surface area contributed by atoms with E-state index in [9.17, 15) is 0 Å². The van der Waals surface area contributed by atoms with Crippen LogP contribution in [0.5, 0.6) is 0 Å². The van der Waals surface area contributed by atoms with Gasteiger partial charge < -0.3 is 9.47 Å². The van der Waals surface area contributed by atoms with Gasteiger partial charge in [-0.1, -0.05) is 188 Å². The molecular formula is C56H40N2. The van der Waals surface area contributed by atoms with E-state index in [1.165, 1.54) is 61.1 Å². The number of anilines is 3. The predicted octanol–water partition coefficient (Wildman–Crippen LogP) is 15.4. The summed E-state index contributed by atoms with van der Waals surface area (Å²) < 4.78 is 2.42. The van der Waals surface area contributed by atoms with Gasteiger partial charge in [0.25, 0.3) is 0 Å². The minimum absolute atomic E-state index is 1.09. The van der Waals surface area contributed by atoms with E-state index in [2.05, 4.69) is 252 Å². The van der Waals surface area contributed by atoms with E-state index in [1.807, 2.05) is 0 Å². The SMILES string of the molecule is c1ccc(-c2cccc(N(c3ccc(-c4ccc(-n5c(-c6ccccc6)c(-c6ccccc6)c6ccccc65)cc4)cc3)c3cccc(-c4ccccc4)c3)c2)cc1. The largest absolute Gasteiger partial charge is 0.310 e. The number of fused-ring (bicyclic) bond motifs is 1. The van der Waals surface area contributed by atoms with Gasteiger partial charge in [0.05, 0.1) is 11.2 Å². The van der Waals surface area contributed by atoms with Crippen LogP contribution in [-0.2, 0) is 0 Å². The van der Waals surface area contributed by atoms with Crippen LogP contribution in [0, 0.1) is 0 Å². The summed E-state index contributed by atoms with van der Waals surface area (Å²) in [5.74, 6) is 0. The third-order valence-electron chi connectivity index (χ3n) is 11.0. The van der Waals surface area contributed by atoms with Gasteiger partial charge in [0.2, 0.25) is 0 Å². The molecule has 10 aromatic rings. The number of aromatic nitrogens is 1. The lowest BCUT2D eigenvalue weighted by atomic mass is 9.98.